The number of carbonyl (C=O) groups excluding carboxylic acids is 1. The molecule has 0 radical (unpaired) electrons. The molecule has 1 amide bonds. The lowest BCUT2D eigenvalue weighted by Crippen LogP contribution is -2.87. The molecular weight excluding hydrogens is 331 g/mol. The lowest BCUT2D eigenvalue weighted by Gasteiger charge is -2.15. The Morgan fingerprint density at radius 1 is 1.04 bits per heavy atom. The molecule has 0 spiro atoms. The van der Waals surface area contributed by atoms with Crippen LogP contribution in [-0.4, -0.2) is 12.5 Å². The Kier molecular flexibility index (Phi) is 6.46. The van der Waals surface area contributed by atoms with E-state index in [4.69, 9.17) is 23.2 Å². The van der Waals surface area contributed by atoms with Crippen LogP contribution in [0.5, 0.6) is 0 Å². The molecule has 0 unspecified atom stereocenters. The maximum atomic E-state index is 12.1. The molecule has 0 bridgehead atoms. The Hall–Kier alpha value is -1.55. The first-order valence-corrected chi connectivity index (χ1v) is 8.35. The third-order valence-corrected chi connectivity index (χ3v) is 4.27. The summed E-state index contributed by atoms with van der Waals surface area (Å²) in [6, 6.07) is 15.3. The fourth-order valence-corrected chi connectivity index (χ4v) is 2.67. The van der Waals surface area contributed by atoms with Crippen molar-refractivity contribution in [2.45, 2.75) is 25.9 Å². The van der Waals surface area contributed by atoms with Gasteiger partial charge in [0.25, 0.3) is 5.91 Å². The van der Waals surface area contributed by atoms with Crippen LogP contribution in [0.4, 0.5) is 0 Å². The van der Waals surface area contributed by atoms with Gasteiger partial charge in [0.15, 0.2) is 6.54 Å². The Labute approximate surface area is 147 Å². The number of hydrogen-bond acceptors (Lipinski definition) is 1. The van der Waals surface area contributed by atoms with Gasteiger partial charge in [0.2, 0.25) is 0 Å². The number of nitrogens with one attached hydrogen (secondary N) is 1. The second-order valence-electron chi connectivity index (χ2n) is 5.62. The van der Waals surface area contributed by atoms with Crippen molar-refractivity contribution in [3.63, 3.8) is 0 Å². The van der Waals surface area contributed by atoms with Crippen molar-refractivity contribution in [1.29, 1.82) is 0 Å². The fraction of sp³-hybridized carbons (Fsp3) is 0.278. The molecule has 23 heavy (non-hydrogen) atoms. The quantitative estimate of drug-likeness (QED) is 0.821. The van der Waals surface area contributed by atoms with Gasteiger partial charge in [-0.25, -0.2) is 0 Å². The highest BCUT2D eigenvalue weighted by atomic mass is 35.5. The van der Waals surface area contributed by atoms with E-state index in [1.54, 1.807) is 0 Å². The topological polar surface area (TPSA) is 45.7 Å². The molecular formula is C18H21Cl2N2O+. The van der Waals surface area contributed by atoms with Crippen molar-refractivity contribution < 1.29 is 10.1 Å². The van der Waals surface area contributed by atoms with Crippen LogP contribution in [0, 0.1) is 0 Å². The van der Waals surface area contributed by atoms with Crippen LogP contribution in [0.1, 0.15) is 37.1 Å². The van der Waals surface area contributed by atoms with E-state index >= 15 is 0 Å². The molecule has 0 saturated heterocycles. The standard InChI is InChI=1S/C18H20Cl2N2O/c1-12(14-6-8-16(19)9-7-14)21-11-18(23)22-13(2)15-4-3-5-17(20)10-15/h3-10,12-13,21H,11H2,1-2H3,(H,22,23)/p+1/t12-,13-/m0/s1. The molecule has 0 aliphatic carbocycles. The Bertz CT molecular complexity index is 658. The fourth-order valence-electron chi connectivity index (χ4n) is 2.35. The zero-order valence-electron chi connectivity index (χ0n) is 13.2. The summed E-state index contributed by atoms with van der Waals surface area (Å²) in [5, 5.41) is 6.38. The summed E-state index contributed by atoms with van der Waals surface area (Å²) in [6.07, 6.45) is 0. The number of benzene rings is 2. The third-order valence-electron chi connectivity index (χ3n) is 3.78. The van der Waals surface area contributed by atoms with Crippen molar-refractivity contribution in [3.05, 3.63) is 69.7 Å². The molecule has 0 saturated carbocycles. The van der Waals surface area contributed by atoms with E-state index in [1.165, 1.54) is 0 Å². The van der Waals surface area contributed by atoms with E-state index in [0.29, 0.717) is 16.6 Å². The van der Waals surface area contributed by atoms with Gasteiger partial charge in [0, 0.05) is 15.6 Å². The minimum Gasteiger partial charge on any atom is -0.345 e. The van der Waals surface area contributed by atoms with Crippen molar-refractivity contribution in [3.8, 4) is 0 Å². The van der Waals surface area contributed by atoms with Crippen molar-refractivity contribution in [1.82, 2.24) is 5.32 Å². The first-order chi connectivity index (χ1) is 11.0. The van der Waals surface area contributed by atoms with Crippen LogP contribution in [-0.2, 0) is 4.79 Å². The molecule has 0 aliphatic heterocycles. The van der Waals surface area contributed by atoms with E-state index in [0.717, 1.165) is 11.1 Å². The van der Waals surface area contributed by atoms with Gasteiger partial charge < -0.3 is 10.6 Å². The normalized spacial score (nSPS) is 13.4. The molecule has 2 aromatic rings. The summed E-state index contributed by atoms with van der Waals surface area (Å²) in [5.74, 6) is -0.00158. The SMILES string of the molecule is C[C@H](NC(=O)C[NH2+][C@@H](C)c1ccc(Cl)cc1)c1cccc(Cl)c1. The predicted octanol–water partition coefficient (Wildman–Crippen LogP) is 3.50. The van der Waals surface area contributed by atoms with Crippen LogP contribution in [0.2, 0.25) is 10.0 Å². The number of hydrogen-bond donors (Lipinski definition) is 2. The summed E-state index contributed by atoms with van der Waals surface area (Å²) >= 11 is 11.9. The first-order valence-electron chi connectivity index (χ1n) is 7.59. The maximum absolute atomic E-state index is 12.1. The summed E-state index contributed by atoms with van der Waals surface area (Å²) in [6.45, 7) is 4.39. The maximum Gasteiger partial charge on any atom is 0.275 e. The molecule has 3 N–H and O–H groups in total. The van der Waals surface area contributed by atoms with Gasteiger partial charge in [-0.15, -0.1) is 0 Å². The average molecular weight is 352 g/mol. The molecule has 2 aromatic carbocycles. The molecule has 0 fully saturated rings. The Morgan fingerprint density at radius 3 is 2.39 bits per heavy atom. The molecule has 3 nitrogen and oxygen atoms in total. The predicted molar refractivity (Wildman–Crippen MR) is 94.7 cm³/mol. The number of nitrogens with two attached hydrogens (primary N) is 1. The number of rotatable bonds is 6. The molecule has 2 rings (SSSR count). The van der Waals surface area contributed by atoms with Crippen molar-refractivity contribution in [2.75, 3.05) is 6.54 Å². The zero-order valence-corrected chi connectivity index (χ0v) is 14.7. The number of amides is 1. The summed E-state index contributed by atoms with van der Waals surface area (Å²) in [5.41, 5.74) is 2.14. The summed E-state index contributed by atoms with van der Waals surface area (Å²) in [4.78, 5) is 12.1. The number of halogens is 2. The second kappa shape index (κ2) is 8.34. The minimum absolute atomic E-state index is 0.00158. The number of carbonyl (C=O) groups is 1. The first kappa shape index (κ1) is 17.8. The molecule has 2 atom stereocenters. The van der Waals surface area contributed by atoms with Crippen molar-refractivity contribution in [2.24, 2.45) is 0 Å². The molecule has 122 valence electrons. The van der Waals surface area contributed by atoms with Crippen LogP contribution in [0.3, 0.4) is 0 Å². The molecule has 0 aliphatic rings. The van der Waals surface area contributed by atoms with E-state index in [9.17, 15) is 4.79 Å². The Morgan fingerprint density at radius 2 is 1.74 bits per heavy atom. The van der Waals surface area contributed by atoms with Crippen LogP contribution >= 0.6 is 23.2 Å². The molecule has 0 heterocycles. The lowest BCUT2D eigenvalue weighted by atomic mass is 10.1. The smallest absolute Gasteiger partial charge is 0.275 e. The highest BCUT2D eigenvalue weighted by Gasteiger charge is 2.14. The van der Waals surface area contributed by atoms with Gasteiger partial charge in [0.1, 0.15) is 6.04 Å². The van der Waals surface area contributed by atoms with Crippen LogP contribution < -0.4 is 10.6 Å². The summed E-state index contributed by atoms with van der Waals surface area (Å²) in [7, 11) is 0. The van der Waals surface area contributed by atoms with Crippen molar-refractivity contribution >= 4 is 29.1 Å². The van der Waals surface area contributed by atoms with Crippen LogP contribution in [0.15, 0.2) is 48.5 Å². The van der Waals surface area contributed by atoms with E-state index in [-0.39, 0.29) is 18.0 Å². The van der Waals surface area contributed by atoms with E-state index in [2.05, 4.69) is 12.2 Å². The number of quaternary nitrogens is 1. The van der Waals surface area contributed by atoms with E-state index < -0.39 is 0 Å². The van der Waals surface area contributed by atoms with Gasteiger partial charge in [-0.05, 0) is 43.7 Å². The minimum atomic E-state index is -0.0690. The lowest BCUT2D eigenvalue weighted by molar-refractivity contribution is -0.682. The highest BCUT2D eigenvalue weighted by molar-refractivity contribution is 6.30. The second-order valence-corrected chi connectivity index (χ2v) is 6.50. The van der Waals surface area contributed by atoms with Gasteiger partial charge in [-0.1, -0.05) is 47.5 Å². The summed E-state index contributed by atoms with van der Waals surface area (Å²) < 4.78 is 0. The van der Waals surface area contributed by atoms with Gasteiger partial charge in [-0.3, -0.25) is 4.79 Å². The average Bonchev–Trinajstić information content (AvgIpc) is 2.53. The van der Waals surface area contributed by atoms with E-state index in [1.807, 2.05) is 60.8 Å². The van der Waals surface area contributed by atoms with Gasteiger partial charge in [0.05, 0.1) is 6.04 Å². The molecule has 5 heteroatoms. The highest BCUT2D eigenvalue weighted by Crippen LogP contribution is 2.17. The van der Waals surface area contributed by atoms with Gasteiger partial charge >= 0.3 is 0 Å². The van der Waals surface area contributed by atoms with Crippen LogP contribution in [0.25, 0.3) is 0 Å². The Balaban J connectivity index is 1.83. The monoisotopic (exact) mass is 351 g/mol. The van der Waals surface area contributed by atoms with Gasteiger partial charge in [-0.2, -0.15) is 0 Å². The molecule has 0 aromatic heterocycles. The zero-order chi connectivity index (χ0) is 16.8. The largest absolute Gasteiger partial charge is 0.345 e. The third kappa shape index (κ3) is 5.54.